The molecule has 55 heavy (non-hydrogen) atoms. The summed E-state index contributed by atoms with van der Waals surface area (Å²) in [7, 11) is 0. The SMILES string of the molecule is C#CC#CC#CC#CC#CC#CC#CC#CC#CC#CC#CC#CC#C.C[C@H](CCC(C)(C)O)[C@H]1CC[C@H]2[C@@H]3CC[C@H]4C[C@@H](O)CC[C@@H]4[C@H]3CC[C@]12C.O=O.[HH].[HH].[HH].[HH].[HH].[HH].[HH].[HH].[HH].[HH].[HH].[HH].[HH].[HH].[HH].[HH].[HH].[HH].[HH].[HH].[HH].[HH]. The van der Waals surface area contributed by atoms with Crippen LogP contribution in [-0.4, -0.2) is 21.9 Å². The number of aliphatic hydroxyl groups is 2. The Labute approximate surface area is 363 Å². The number of rotatable bonds is 4. The van der Waals surface area contributed by atoms with Gasteiger partial charge in [-0.15, -0.1) is 12.8 Å². The lowest BCUT2D eigenvalue weighted by Gasteiger charge is -2.56. The molecule has 0 aromatic rings. The van der Waals surface area contributed by atoms with Gasteiger partial charge in [0.2, 0.25) is 0 Å². The lowest BCUT2D eigenvalue weighted by Crippen LogP contribution is -2.49. The van der Waals surface area contributed by atoms with E-state index in [1.165, 1.54) is 51.4 Å². The lowest BCUT2D eigenvalue weighted by molar-refractivity contribution is -0.0828. The molecule has 0 spiro atoms. The fourth-order valence-corrected chi connectivity index (χ4v) is 9.28. The fourth-order valence-electron chi connectivity index (χ4n) is 9.28. The molecule has 0 heterocycles. The molecule has 0 saturated heterocycles. The first-order valence-electron chi connectivity index (χ1n) is 18.6. The lowest BCUT2D eigenvalue weighted by atomic mass is 9.49. The second-order valence-electron chi connectivity index (χ2n) is 15.0. The molecule has 4 rings (SSSR count). The Morgan fingerprint density at radius 3 is 1.45 bits per heavy atom. The summed E-state index contributed by atoms with van der Waals surface area (Å²) in [6.07, 6.45) is 23.9. The number of terminal acetylenes is 2. The number of hydrogen-bond donors (Lipinski definition) is 2. The Morgan fingerprint density at radius 1 is 0.618 bits per heavy atom. The van der Waals surface area contributed by atoms with Crippen LogP contribution in [-0.2, 0) is 0 Å². The molecular weight excluding hydrogens is 677 g/mol. The maximum atomic E-state index is 10.2. The molecule has 4 heteroatoms. The average Bonchev–Trinajstić information content (AvgIpc) is 3.53. The monoisotopic (exact) mass is 767 g/mol. The summed E-state index contributed by atoms with van der Waals surface area (Å²) in [5.74, 6) is 64.4. The highest BCUT2D eigenvalue weighted by atomic mass is 16.7. The van der Waals surface area contributed by atoms with Gasteiger partial charge < -0.3 is 10.2 Å². The predicted octanol–water partition coefficient (Wildman–Crippen LogP) is 11.6. The zero-order valence-corrected chi connectivity index (χ0v) is 32.3. The van der Waals surface area contributed by atoms with Gasteiger partial charge in [0.05, 0.1) is 11.7 Å². The zero-order valence-electron chi connectivity index (χ0n) is 32.3. The predicted molar refractivity (Wildman–Crippen MR) is 268 cm³/mol. The largest absolute Gasteiger partial charge is 0.393 e. The normalized spacial score (nSPS) is 25.6. The Morgan fingerprint density at radius 2 is 1.04 bits per heavy atom. The molecule has 4 aliphatic rings. The minimum atomic E-state index is -0.519. The maximum Gasteiger partial charge on any atom is 0.0591 e. The average molecular weight is 767 g/mol. The van der Waals surface area contributed by atoms with Gasteiger partial charge in [0.1, 0.15) is 0 Å². The second kappa shape index (κ2) is 24.9. The highest BCUT2D eigenvalue weighted by Gasteiger charge is 2.57. The molecule has 0 bridgehead atoms. The molecule has 4 saturated carbocycles. The van der Waals surface area contributed by atoms with E-state index < -0.39 is 5.60 Å². The molecule has 2 N–H and O–H groups in total. The van der Waals surface area contributed by atoms with E-state index in [2.05, 4.69) is 156 Å². The Bertz CT molecular complexity index is 2120. The van der Waals surface area contributed by atoms with Crippen LogP contribution in [0.25, 0.3) is 0 Å². The van der Waals surface area contributed by atoms with Crippen molar-refractivity contribution in [3.8, 4) is 155 Å². The van der Waals surface area contributed by atoms with E-state index in [4.69, 9.17) is 22.8 Å². The molecule has 4 aliphatic carbocycles. The van der Waals surface area contributed by atoms with Gasteiger partial charge in [-0.3, -0.25) is 0 Å². The summed E-state index contributed by atoms with van der Waals surface area (Å²) in [6.45, 7) is 9.03. The van der Waals surface area contributed by atoms with Gasteiger partial charge in [0.25, 0.3) is 0 Å². The van der Waals surface area contributed by atoms with Crippen LogP contribution in [0.15, 0.2) is 0 Å². The van der Waals surface area contributed by atoms with E-state index in [1.807, 2.05) is 13.8 Å². The zero-order chi connectivity index (χ0) is 40.4. The smallest absolute Gasteiger partial charge is 0.0591 e. The fraction of sp³-hybridized carbons (Fsp3) is 0.490. The van der Waals surface area contributed by atoms with E-state index in [9.17, 15) is 10.2 Å². The van der Waals surface area contributed by atoms with Crippen LogP contribution in [0, 0.1) is 212 Å². The van der Waals surface area contributed by atoms with Crippen molar-refractivity contribution in [2.75, 3.05) is 0 Å². The third kappa shape index (κ3) is 15.7. The second-order valence-corrected chi connectivity index (χ2v) is 15.0. The summed E-state index contributed by atoms with van der Waals surface area (Å²) in [5, 5.41) is 20.3. The molecule has 9 atom stereocenters. The van der Waals surface area contributed by atoms with E-state index in [1.54, 1.807) is 0 Å². The highest BCUT2D eigenvalue weighted by Crippen LogP contribution is 2.65. The van der Waals surface area contributed by atoms with Crippen LogP contribution in [0.5, 0.6) is 0 Å². The summed E-state index contributed by atoms with van der Waals surface area (Å²) in [4.78, 5) is 14.0. The third-order valence-electron chi connectivity index (χ3n) is 11.4. The summed E-state index contributed by atoms with van der Waals surface area (Å²) >= 11 is 0. The molecule has 318 valence electrons. The minimum Gasteiger partial charge on any atom is -0.393 e. The topological polar surface area (TPSA) is 74.6 Å². The first kappa shape index (κ1) is 45.0. The molecule has 0 unspecified atom stereocenters. The van der Waals surface area contributed by atoms with E-state index in [0.717, 1.165) is 60.7 Å². The van der Waals surface area contributed by atoms with Gasteiger partial charge in [0, 0.05) is 88.7 Å². The Balaban J connectivity index is -0.0000000325. The van der Waals surface area contributed by atoms with Crippen molar-refractivity contribution < 1.29 is 41.6 Å². The van der Waals surface area contributed by atoms with Crippen molar-refractivity contribution in [1.82, 2.24) is 0 Å². The molecular formula is C51H90O4. The van der Waals surface area contributed by atoms with Gasteiger partial charge in [-0.05, 0) is 226 Å². The highest BCUT2D eigenvalue weighted by molar-refractivity contribution is 5.48. The third-order valence-corrected chi connectivity index (χ3v) is 11.4. The van der Waals surface area contributed by atoms with Crippen LogP contribution >= 0.6 is 0 Å². The van der Waals surface area contributed by atoms with Crippen LogP contribution in [0.2, 0.25) is 0 Å². The van der Waals surface area contributed by atoms with Gasteiger partial charge in [-0.25, -0.2) is 0 Å². The van der Waals surface area contributed by atoms with Crippen LogP contribution in [0.3, 0.4) is 0 Å². The summed E-state index contributed by atoms with van der Waals surface area (Å²) in [5.41, 5.74) is 0.0238. The van der Waals surface area contributed by atoms with E-state index in [-0.39, 0.29) is 37.5 Å². The summed E-state index contributed by atoms with van der Waals surface area (Å²) in [6, 6.07) is 0. The number of aliphatic hydroxyl groups excluding tert-OH is 1. The van der Waals surface area contributed by atoms with Crippen molar-refractivity contribution in [3.05, 3.63) is 9.93 Å². The van der Waals surface area contributed by atoms with Gasteiger partial charge in [-0.2, -0.15) is 0 Å². The maximum absolute atomic E-state index is 10.2. The van der Waals surface area contributed by atoms with E-state index >= 15 is 0 Å². The molecule has 0 aliphatic heterocycles. The minimum absolute atomic E-state index is 0. The van der Waals surface area contributed by atoms with E-state index in [0.29, 0.717) is 5.41 Å². The van der Waals surface area contributed by atoms with Crippen molar-refractivity contribution in [2.45, 2.75) is 110 Å². The molecule has 0 radical (unpaired) electrons. The van der Waals surface area contributed by atoms with Crippen molar-refractivity contribution in [3.63, 3.8) is 0 Å². The van der Waals surface area contributed by atoms with Crippen molar-refractivity contribution in [2.24, 2.45) is 46.8 Å². The van der Waals surface area contributed by atoms with Crippen LogP contribution < -0.4 is 0 Å². The van der Waals surface area contributed by atoms with Gasteiger partial charge >= 0.3 is 0 Å². The quantitative estimate of drug-likeness (QED) is 0.279. The van der Waals surface area contributed by atoms with Crippen molar-refractivity contribution >= 4 is 0 Å². The Kier molecular flexibility index (Phi) is 20.4. The molecule has 4 fully saturated rings. The molecule has 0 amide bonds. The molecule has 4 nitrogen and oxygen atoms in total. The summed E-state index contributed by atoms with van der Waals surface area (Å²) < 4.78 is 0. The number of hydrogen-bond acceptors (Lipinski definition) is 4. The standard InChI is InChI=1S/C26H2.C25H44O2.O2.22H2/c1-3-5-7-9-11-13-15-17-19-21-23-25-26-24-22-20-18-16-14-12-10-8-6-4-2;1-16(11-13-24(2,3)27)22-9-10-23-21-7-5-17-15-18(26)6-8-19(17)20(21)12-14-25(22,23)4;1-2;;;;;;;;;;;;;;;;;;;;;;/h1-2H;16-23,26-27H,5-15H2,1-4H3;;22*1H/t;16-,17+,18+,19+,20-,21-,22-,23+,25-;;;;;;;;;;;;;;;;;;;;;;;/m.1......................./s1. The molecule has 0 aromatic carbocycles. The Hall–Kier alpha value is -6.20. The first-order chi connectivity index (χ1) is 26.6. The van der Waals surface area contributed by atoms with Crippen molar-refractivity contribution in [1.29, 1.82) is 0 Å². The van der Waals surface area contributed by atoms with Gasteiger partial charge in [0.15, 0.2) is 0 Å². The van der Waals surface area contributed by atoms with Crippen LogP contribution in [0.1, 0.15) is 130 Å². The molecule has 0 aromatic heterocycles. The first-order valence-corrected chi connectivity index (χ1v) is 18.6. The van der Waals surface area contributed by atoms with Crippen LogP contribution in [0.4, 0.5) is 0 Å². The number of fused-ring (bicyclic) bond motifs is 5. The van der Waals surface area contributed by atoms with Gasteiger partial charge in [-0.1, -0.05) is 13.8 Å².